The lowest BCUT2D eigenvalue weighted by Gasteiger charge is -2.33. The van der Waals surface area contributed by atoms with Crippen LogP contribution in [0.15, 0.2) is 24.3 Å². The van der Waals surface area contributed by atoms with Gasteiger partial charge in [0.25, 0.3) is 5.91 Å². The predicted octanol–water partition coefficient (Wildman–Crippen LogP) is 2.33. The highest BCUT2D eigenvalue weighted by Crippen LogP contribution is 2.18. The molecule has 2 rings (SSSR count). The van der Waals surface area contributed by atoms with Crippen molar-refractivity contribution in [1.29, 1.82) is 0 Å². The summed E-state index contributed by atoms with van der Waals surface area (Å²) < 4.78 is 10.7. The van der Waals surface area contributed by atoms with Gasteiger partial charge in [0, 0.05) is 19.1 Å². The van der Waals surface area contributed by atoms with Crippen LogP contribution in [0.25, 0.3) is 0 Å². The number of nitrogens with one attached hydrogen (secondary N) is 2. The van der Waals surface area contributed by atoms with Crippen LogP contribution in [0.3, 0.4) is 0 Å². The molecule has 160 valence electrons. The number of benzene rings is 1. The third-order valence-electron chi connectivity index (χ3n) is 4.40. The van der Waals surface area contributed by atoms with Gasteiger partial charge in [-0.3, -0.25) is 9.59 Å². The molecule has 1 heterocycles. The minimum absolute atomic E-state index is 0.0263. The van der Waals surface area contributed by atoms with Gasteiger partial charge in [-0.2, -0.15) is 0 Å². The van der Waals surface area contributed by atoms with E-state index in [1.54, 1.807) is 29.2 Å². The average Bonchev–Trinajstić information content (AvgIpc) is 2.65. The molecule has 2 N–H and O–H groups in total. The molecule has 0 aliphatic carbocycles. The van der Waals surface area contributed by atoms with Crippen LogP contribution in [0.4, 0.5) is 4.79 Å². The lowest BCUT2D eigenvalue weighted by molar-refractivity contribution is -0.131. The van der Waals surface area contributed by atoms with Crippen LogP contribution in [-0.2, 0) is 9.53 Å². The molecule has 1 saturated heterocycles. The topological polar surface area (TPSA) is 97.0 Å². The first-order chi connectivity index (χ1) is 13.7. The fourth-order valence-corrected chi connectivity index (χ4v) is 3.05. The summed E-state index contributed by atoms with van der Waals surface area (Å²) in [7, 11) is 0. The monoisotopic (exact) mass is 405 g/mol. The molecular weight excluding hydrogens is 374 g/mol. The number of carbonyl (C=O) groups excluding carboxylic acids is 3. The SMILES string of the molecule is CCOc1ccccc1C(=O)NCC(=O)N1CCC(NC(=O)OC(C)(C)C)CC1. The van der Waals surface area contributed by atoms with Crippen molar-refractivity contribution < 1.29 is 23.9 Å². The van der Waals surface area contributed by atoms with Crippen LogP contribution in [0.1, 0.15) is 50.9 Å². The lowest BCUT2D eigenvalue weighted by atomic mass is 10.1. The zero-order valence-corrected chi connectivity index (χ0v) is 17.6. The summed E-state index contributed by atoms with van der Waals surface area (Å²) in [4.78, 5) is 38.4. The molecule has 8 heteroatoms. The van der Waals surface area contributed by atoms with E-state index >= 15 is 0 Å². The maximum Gasteiger partial charge on any atom is 0.407 e. The van der Waals surface area contributed by atoms with E-state index in [1.165, 1.54) is 0 Å². The number of para-hydroxylation sites is 1. The minimum atomic E-state index is -0.542. The second kappa shape index (κ2) is 10.1. The van der Waals surface area contributed by atoms with Crippen molar-refractivity contribution in [3.63, 3.8) is 0 Å². The summed E-state index contributed by atoms with van der Waals surface area (Å²) >= 11 is 0. The van der Waals surface area contributed by atoms with Gasteiger partial charge in [-0.25, -0.2) is 4.79 Å². The van der Waals surface area contributed by atoms with Crippen molar-refractivity contribution in [3.05, 3.63) is 29.8 Å². The molecular formula is C21H31N3O5. The molecule has 1 fully saturated rings. The number of hydrogen-bond acceptors (Lipinski definition) is 5. The van der Waals surface area contributed by atoms with E-state index in [-0.39, 0.29) is 24.4 Å². The standard InChI is InChI=1S/C21H31N3O5/c1-5-28-17-9-7-6-8-16(17)19(26)22-14-18(25)24-12-10-15(11-13-24)23-20(27)29-21(2,3)4/h6-9,15H,5,10-14H2,1-4H3,(H,22,26)(H,23,27). The molecule has 0 saturated carbocycles. The number of likely N-dealkylation sites (tertiary alicyclic amines) is 1. The second-order valence-electron chi connectivity index (χ2n) is 7.91. The molecule has 8 nitrogen and oxygen atoms in total. The average molecular weight is 405 g/mol. The number of alkyl carbamates (subject to hydrolysis) is 1. The number of rotatable bonds is 6. The first-order valence-corrected chi connectivity index (χ1v) is 9.97. The number of amides is 3. The Kier molecular flexibility index (Phi) is 7.87. The Bertz CT molecular complexity index is 721. The van der Waals surface area contributed by atoms with Crippen molar-refractivity contribution in [1.82, 2.24) is 15.5 Å². The maximum absolute atomic E-state index is 12.4. The summed E-state index contributed by atoms with van der Waals surface area (Å²) in [5.41, 5.74) is -0.137. The molecule has 1 aromatic carbocycles. The summed E-state index contributed by atoms with van der Waals surface area (Å²) in [6.07, 6.45) is 0.848. The molecule has 0 unspecified atom stereocenters. The van der Waals surface area contributed by atoms with Gasteiger partial charge in [-0.1, -0.05) is 12.1 Å². The highest BCUT2D eigenvalue weighted by molar-refractivity contribution is 5.98. The van der Waals surface area contributed by atoms with Gasteiger partial charge in [0.05, 0.1) is 18.7 Å². The summed E-state index contributed by atoms with van der Waals surface area (Å²) in [5, 5.41) is 5.51. The number of piperidine rings is 1. The summed E-state index contributed by atoms with van der Waals surface area (Å²) in [6.45, 7) is 8.70. The van der Waals surface area contributed by atoms with Crippen molar-refractivity contribution in [2.24, 2.45) is 0 Å². The molecule has 1 aliphatic heterocycles. The van der Waals surface area contributed by atoms with E-state index in [0.717, 1.165) is 0 Å². The van der Waals surface area contributed by atoms with E-state index in [9.17, 15) is 14.4 Å². The third-order valence-corrected chi connectivity index (χ3v) is 4.40. The zero-order chi connectivity index (χ0) is 21.4. The quantitative estimate of drug-likeness (QED) is 0.757. The third kappa shape index (κ3) is 7.29. The Hall–Kier alpha value is -2.77. The molecule has 3 amide bonds. The number of hydrogen-bond donors (Lipinski definition) is 2. The van der Waals surface area contributed by atoms with E-state index < -0.39 is 11.7 Å². The fraction of sp³-hybridized carbons (Fsp3) is 0.571. The van der Waals surface area contributed by atoms with E-state index in [4.69, 9.17) is 9.47 Å². The predicted molar refractivity (Wildman–Crippen MR) is 109 cm³/mol. The molecule has 0 atom stereocenters. The van der Waals surface area contributed by atoms with Gasteiger partial charge >= 0.3 is 6.09 Å². The Morgan fingerprint density at radius 1 is 1.14 bits per heavy atom. The molecule has 0 spiro atoms. The molecule has 0 aromatic heterocycles. The largest absolute Gasteiger partial charge is 0.493 e. The van der Waals surface area contributed by atoms with Gasteiger partial charge < -0.3 is 25.0 Å². The normalized spacial score (nSPS) is 14.8. The Morgan fingerprint density at radius 2 is 1.79 bits per heavy atom. The smallest absolute Gasteiger partial charge is 0.407 e. The minimum Gasteiger partial charge on any atom is -0.493 e. The van der Waals surface area contributed by atoms with Crippen molar-refractivity contribution in [3.8, 4) is 5.75 Å². The van der Waals surface area contributed by atoms with E-state index in [0.29, 0.717) is 43.9 Å². The van der Waals surface area contributed by atoms with Crippen LogP contribution in [-0.4, -0.2) is 60.7 Å². The number of nitrogens with zero attached hydrogens (tertiary/aromatic N) is 1. The van der Waals surface area contributed by atoms with Gasteiger partial charge in [0.15, 0.2) is 0 Å². The highest BCUT2D eigenvalue weighted by atomic mass is 16.6. The maximum atomic E-state index is 12.4. The van der Waals surface area contributed by atoms with Gasteiger partial charge in [-0.15, -0.1) is 0 Å². The first-order valence-electron chi connectivity index (χ1n) is 9.97. The van der Waals surface area contributed by atoms with Gasteiger partial charge in [0.1, 0.15) is 11.4 Å². The van der Waals surface area contributed by atoms with Crippen molar-refractivity contribution in [2.45, 2.75) is 52.2 Å². The Balaban J connectivity index is 1.77. The molecule has 1 aromatic rings. The van der Waals surface area contributed by atoms with E-state index in [1.807, 2.05) is 27.7 Å². The number of carbonyl (C=O) groups is 3. The molecule has 0 bridgehead atoms. The van der Waals surface area contributed by atoms with Crippen LogP contribution in [0.5, 0.6) is 5.75 Å². The van der Waals surface area contributed by atoms with Crippen molar-refractivity contribution in [2.75, 3.05) is 26.2 Å². The zero-order valence-electron chi connectivity index (χ0n) is 17.6. The van der Waals surface area contributed by atoms with Crippen molar-refractivity contribution >= 4 is 17.9 Å². The molecule has 29 heavy (non-hydrogen) atoms. The van der Waals surface area contributed by atoms with Crippen LogP contribution in [0, 0.1) is 0 Å². The van der Waals surface area contributed by atoms with Gasteiger partial charge in [-0.05, 0) is 52.7 Å². The van der Waals surface area contributed by atoms with Crippen LogP contribution in [0.2, 0.25) is 0 Å². The Morgan fingerprint density at radius 3 is 2.41 bits per heavy atom. The Labute approximate surface area is 171 Å². The molecule has 0 radical (unpaired) electrons. The fourth-order valence-electron chi connectivity index (χ4n) is 3.05. The second-order valence-corrected chi connectivity index (χ2v) is 7.91. The summed E-state index contributed by atoms with van der Waals surface area (Å²) in [6, 6.07) is 6.91. The highest BCUT2D eigenvalue weighted by Gasteiger charge is 2.26. The van der Waals surface area contributed by atoms with Gasteiger partial charge in [0.2, 0.25) is 5.91 Å². The summed E-state index contributed by atoms with van der Waals surface area (Å²) in [5.74, 6) is 0.000757. The molecule has 1 aliphatic rings. The first kappa shape index (κ1) is 22.5. The van der Waals surface area contributed by atoms with E-state index in [2.05, 4.69) is 10.6 Å². The van der Waals surface area contributed by atoms with Crippen LogP contribution >= 0.6 is 0 Å². The lowest BCUT2D eigenvalue weighted by Crippen LogP contribution is -2.49. The number of ether oxygens (including phenoxy) is 2. The van der Waals surface area contributed by atoms with Crippen LogP contribution < -0.4 is 15.4 Å².